The number of pyridine rings is 1. The number of benzene rings is 2. The number of aromatic nitrogens is 2. The van der Waals surface area contributed by atoms with Gasteiger partial charge in [-0.05, 0) is 24.1 Å². The van der Waals surface area contributed by atoms with Crippen LogP contribution in [0.15, 0.2) is 60.7 Å². The second kappa shape index (κ2) is 6.64. The van der Waals surface area contributed by atoms with Crippen molar-refractivity contribution in [1.29, 1.82) is 0 Å². The monoisotopic (exact) mass is 344 g/mol. The lowest BCUT2D eigenvalue weighted by molar-refractivity contribution is 0.0690. The molecule has 2 heterocycles. The molecule has 0 fully saturated rings. The van der Waals surface area contributed by atoms with Crippen molar-refractivity contribution in [2.45, 2.75) is 26.3 Å². The normalized spacial score (nSPS) is 11.3. The first-order valence-electron chi connectivity index (χ1n) is 8.87. The third-order valence-corrected chi connectivity index (χ3v) is 4.71. The second-order valence-corrected chi connectivity index (χ2v) is 6.49. The van der Waals surface area contributed by atoms with Gasteiger partial charge in [0.2, 0.25) is 0 Å². The minimum Gasteiger partial charge on any atom is -0.477 e. The maximum Gasteiger partial charge on any atom is 0.354 e. The van der Waals surface area contributed by atoms with Crippen LogP contribution < -0.4 is 0 Å². The fourth-order valence-corrected chi connectivity index (χ4v) is 3.61. The number of aromatic carboxylic acids is 1. The molecule has 0 radical (unpaired) electrons. The van der Waals surface area contributed by atoms with E-state index in [0.29, 0.717) is 0 Å². The predicted octanol–water partition coefficient (Wildman–Crippen LogP) is 4.89. The number of fused-ring (bicyclic) bond motifs is 3. The van der Waals surface area contributed by atoms with Gasteiger partial charge < -0.3 is 9.67 Å². The highest BCUT2D eigenvalue weighted by molar-refractivity contribution is 6.10. The van der Waals surface area contributed by atoms with E-state index in [0.717, 1.165) is 46.9 Å². The van der Waals surface area contributed by atoms with Crippen LogP contribution in [-0.2, 0) is 13.0 Å². The summed E-state index contributed by atoms with van der Waals surface area (Å²) in [6.07, 6.45) is 1.67. The molecule has 0 saturated carbocycles. The molecule has 0 saturated heterocycles. The maximum atomic E-state index is 11.6. The van der Waals surface area contributed by atoms with Gasteiger partial charge in [0, 0.05) is 22.8 Å². The van der Waals surface area contributed by atoms with Crippen LogP contribution in [0.2, 0.25) is 0 Å². The molecule has 0 unspecified atom stereocenters. The zero-order valence-corrected chi connectivity index (χ0v) is 14.6. The Morgan fingerprint density at radius 3 is 2.50 bits per heavy atom. The van der Waals surface area contributed by atoms with E-state index in [9.17, 15) is 9.90 Å². The van der Waals surface area contributed by atoms with E-state index in [-0.39, 0.29) is 5.69 Å². The minimum absolute atomic E-state index is 0.114. The number of hydrogen-bond donors (Lipinski definition) is 1. The van der Waals surface area contributed by atoms with Gasteiger partial charge in [-0.3, -0.25) is 0 Å². The Morgan fingerprint density at radius 2 is 1.77 bits per heavy atom. The number of rotatable bonds is 5. The summed E-state index contributed by atoms with van der Waals surface area (Å²) >= 11 is 0. The van der Waals surface area contributed by atoms with Crippen LogP contribution in [0.25, 0.3) is 21.8 Å². The topological polar surface area (TPSA) is 55.1 Å². The third kappa shape index (κ3) is 2.73. The number of carboxylic acid groups (broad SMARTS) is 1. The van der Waals surface area contributed by atoms with Crippen LogP contribution in [0.1, 0.15) is 35.1 Å². The summed E-state index contributed by atoms with van der Waals surface area (Å²) in [5.74, 6) is -0.982. The summed E-state index contributed by atoms with van der Waals surface area (Å²) in [5.41, 5.74) is 4.33. The average Bonchev–Trinajstić information content (AvgIpc) is 2.97. The molecule has 4 rings (SSSR count). The first-order valence-corrected chi connectivity index (χ1v) is 8.87. The molecule has 0 aliphatic rings. The average molecular weight is 344 g/mol. The third-order valence-electron chi connectivity index (χ3n) is 4.71. The molecule has 4 heteroatoms. The van der Waals surface area contributed by atoms with E-state index in [1.54, 1.807) is 6.07 Å². The lowest BCUT2D eigenvalue weighted by atomic mass is 10.1. The van der Waals surface area contributed by atoms with Crippen LogP contribution >= 0.6 is 0 Å². The molecule has 0 atom stereocenters. The molecule has 0 aliphatic carbocycles. The van der Waals surface area contributed by atoms with Crippen molar-refractivity contribution in [1.82, 2.24) is 9.55 Å². The lowest BCUT2D eigenvalue weighted by Crippen LogP contribution is -2.07. The Hall–Kier alpha value is -3.14. The molecule has 4 aromatic rings. The second-order valence-electron chi connectivity index (χ2n) is 6.49. The first kappa shape index (κ1) is 16.3. The quantitative estimate of drug-likeness (QED) is 0.561. The number of hydrogen-bond acceptors (Lipinski definition) is 2. The van der Waals surface area contributed by atoms with Gasteiger partial charge in [0.25, 0.3) is 0 Å². The van der Waals surface area contributed by atoms with E-state index >= 15 is 0 Å². The molecular formula is C22H20N2O2. The van der Waals surface area contributed by atoms with Gasteiger partial charge in [-0.25, -0.2) is 9.78 Å². The standard InChI is InChI=1S/C22H20N2O2/c1-2-8-18-21-17(13-19(23-18)22(25)26)16-11-6-7-12-20(16)24(21)14-15-9-4-3-5-10-15/h3-7,9-13H,2,8,14H2,1H3,(H,25,26). The molecule has 26 heavy (non-hydrogen) atoms. The summed E-state index contributed by atoms with van der Waals surface area (Å²) < 4.78 is 2.27. The van der Waals surface area contributed by atoms with Crippen LogP contribution in [0.5, 0.6) is 0 Å². The number of aryl methyl sites for hydroxylation is 1. The van der Waals surface area contributed by atoms with E-state index in [2.05, 4.69) is 40.7 Å². The Bertz CT molecular complexity index is 1100. The Balaban J connectivity index is 2.06. The van der Waals surface area contributed by atoms with Crippen molar-refractivity contribution in [2.24, 2.45) is 0 Å². The smallest absolute Gasteiger partial charge is 0.354 e. The van der Waals surface area contributed by atoms with E-state index in [4.69, 9.17) is 0 Å². The fraction of sp³-hybridized carbons (Fsp3) is 0.182. The van der Waals surface area contributed by atoms with Gasteiger partial charge in [-0.2, -0.15) is 0 Å². The van der Waals surface area contributed by atoms with Crippen LogP contribution in [0, 0.1) is 0 Å². The molecular weight excluding hydrogens is 324 g/mol. The molecule has 130 valence electrons. The number of carboxylic acids is 1. The predicted molar refractivity (Wildman–Crippen MR) is 104 cm³/mol. The summed E-state index contributed by atoms with van der Waals surface area (Å²) in [7, 11) is 0. The molecule has 0 spiro atoms. The molecule has 2 aromatic carbocycles. The van der Waals surface area contributed by atoms with Gasteiger partial charge in [0.05, 0.1) is 11.2 Å². The van der Waals surface area contributed by atoms with Crippen molar-refractivity contribution in [3.8, 4) is 0 Å². The van der Waals surface area contributed by atoms with Crippen LogP contribution in [0.3, 0.4) is 0 Å². The summed E-state index contributed by atoms with van der Waals surface area (Å²) in [5, 5.41) is 11.5. The zero-order chi connectivity index (χ0) is 18.1. The summed E-state index contributed by atoms with van der Waals surface area (Å²) in [4.78, 5) is 16.0. The highest BCUT2D eigenvalue weighted by atomic mass is 16.4. The van der Waals surface area contributed by atoms with Gasteiger partial charge in [0.1, 0.15) is 5.69 Å². The largest absolute Gasteiger partial charge is 0.477 e. The highest BCUT2D eigenvalue weighted by Crippen LogP contribution is 2.32. The van der Waals surface area contributed by atoms with Crippen LogP contribution in [-0.4, -0.2) is 20.6 Å². The Kier molecular flexibility index (Phi) is 4.17. The summed E-state index contributed by atoms with van der Waals surface area (Å²) in [6.45, 7) is 2.82. The number of nitrogens with zero attached hydrogens (tertiary/aromatic N) is 2. The van der Waals surface area contributed by atoms with Crippen molar-refractivity contribution < 1.29 is 9.90 Å². The molecule has 0 amide bonds. The molecule has 2 aromatic heterocycles. The SMILES string of the molecule is CCCc1nc(C(=O)O)cc2c3ccccc3n(Cc3ccccc3)c12. The van der Waals surface area contributed by atoms with Crippen molar-refractivity contribution in [3.63, 3.8) is 0 Å². The van der Waals surface area contributed by atoms with Crippen molar-refractivity contribution in [2.75, 3.05) is 0 Å². The highest BCUT2D eigenvalue weighted by Gasteiger charge is 2.18. The summed E-state index contributed by atoms with van der Waals surface area (Å²) in [6, 6.07) is 20.2. The van der Waals surface area contributed by atoms with Crippen LogP contribution in [0.4, 0.5) is 0 Å². The molecule has 4 nitrogen and oxygen atoms in total. The fourth-order valence-electron chi connectivity index (χ4n) is 3.61. The zero-order valence-electron chi connectivity index (χ0n) is 14.6. The minimum atomic E-state index is -0.982. The maximum absolute atomic E-state index is 11.6. The Morgan fingerprint density at radius 1 is 1.04 bits per heavy atom. The molecule has 0 bridgehead atoms. The first-order chi connectivity index (χ1) is 12.7. The van der Waals surface area contributed by atoms with E-state index in [1.165, 1.54) is 5.56 Å². The Labute approximate surface area is 151 Å². The van der Waals surface area contributed by atoms with Gasteiger partial charge >= 0.3 is 5.97 Å². The number of para-hydroxylation sites is 1. The van der Waals surface area contributed by atoms with E-state index in [1.807, 2.05) is 30.3 Å². The van der Waals surface area contributed by atoms with Crippen molar-refractivity contribution >= 4 is 27.8 Å². The lowest BCUT2D eigenvalue weighted by Gasteiger charge is -2.11. The van der Waals surface area contributed by atoms with E-state index < -0.39 is 5.97 Å². The van der Waals surface area contributed by atoms with Gasteiger partial charge in [0.15, 0.2) is 0 Å². The van der Waals surface area contributed by atoms with Gasteiger partial charge in [-0.15, -0.1) is 0 Å². The van der Waals surface area contributed by atoms with Gasteiger partial charge in [-0.1, -0.05) is 61.9 Å². The van der Waals surface area contributed by atoms with Crippen molar-refractivity contribution in [3.05, 3.63) is 77.6 Å². The number of carbonyl (C=O) groups is 1. The molecule has 0 aliphatic heterocycles. The molecule has 1 N–H and O–H groups in total.